The highest BCUT2D eigenvalue weighted by Gasteiger charge is 2.26. The van der Waals surface area contributed by atoms with E-state index in [1.54, 1.807) is 0 Å². The lowest BCUT2D eigenvalue weighted by Gasteiger charge is -2.06. The molecule has 0 aromatic heterocycles. The quantitative estimate of drug-likeness (QED) is 0.627. The van der Waals surface area contributed by atoms with Crippen molar-refractivity contribution in [2.45, 2.75) is 13.8 Å². The lowest BCUT2D eigenvalue weighted by atomic mass is 10.00. The van der Waals surface area contributed by atoms with Crippen LogP contribution >= 0.6 is 0 Å². The van der Waals surface area contributed by atoms with Crippen LogP contribution in [0.4, 0.5) is 0 Å². The van der Waals surface area contributed by atoms with Crippen LogP contribution in [0.2, 0.25) is 0 Å². The van der Waals surface area contributed by atoms with Crippen molar-refractivity contribution in [2.24, 2.45) is 11.8 Å². The van der Waals surface area contributed by atoms with Gasteiger partial charge in [0.1, 0.15) is 5.92 Å². The smallest absolute Gasteiger partial charge is 0.100 e. The molecule has 3 nitrogen and oxygen atoms in total. The van der Waals surface area contributed by atoms with Crippen molar-refractivity contribution >= 4 is 0 Å². The lowest BCUT2D eigenvalue weighted by Crippen LogP contribution is -2.13. The molecule has 1 N–H and O–H groups in total. The summed E-state index contributed by atoms with van der Waals surface area (Å²) in [6.07, 6.45) is 0. The summed E-state index contributed by atoms with van der Waals surface area (Å²) >= 11 is 0. The molecule has 0 aromatic rings. The number of hydrogen-bond donors (Lipinski definition) is 1. The highest BCUT2D eigenvalue weighted by molar-refractivity contribution is 5.38. The van der Waals surface area contributed by atoms with Crippen LogP contribution in [-0.4, -0.2) is 6.54 Å². The van der Waals surface area contributed by atoms with E-state index in [4.69, 9.17) is 10.5 Å². The molecular formula is C9H11N3. The number of nitrogens with zero attached hydrogens (tertiary/aromatic N) is 2. The van der Waals surface area contributed by atoms with E-state index in [-0.39, 0.29) is 5.92 Å². The van der Waals surface area contributed by atoms with Gasteiger partial charge in [-0.2, -0.15) is 10.5 Å². The molecule has 1 aliphatic heterocycles. The van der Waals surface area contributed by atoms with Crippen molar-refractivity contribution in [3.8, 4) is 12.1 Å². The van der Waals surface area contributed by atoms with Gasteiger partial charge in [-0.05, 0) is 5.92 Å². The van der Waals surface area contributed by atoms with Gasteiger partial charge in [0.25, 0.3) is 0 Å². The summed E-state index contributed by atoms with van der Waals surface area (Å²) in [6, 6.07) is 4.20. The maximum absolute atomic E-state index is 8.79. The van der Waals surface area contributed by atoms with Gasteiger partial charge in [0.05, 0.1) is 17.7 Å². The number of nitrogens with one attached hydrogen (secondary N) is 1. The Kier molecular flexibility index (Phi) is 2.35. The highest BCUT2D eigenvalue weighted by Crippen LogP contribution is 2.23. The SMILES string of the molecule is CC(C)C1=C(C#N)C(C#N)CN1. The summed E-state index contributed by atoms with van der Waals surface area (Å²) in [5.41, 5.74) is 1.55. The zero-order valence-corrected chi connectivity index (χ0v) is 7.26. The van der Waals surface area contributed by atoms with Crippen LogP contribution < -0.4 is 5.32 Å². The Bertz CT molecular complexity index is 288. The Morgan fingerprint density at radius 3 is 2.58 bits per heavy atom. The van der Waals surface area contributed by atoms with Crippen molar-refractivity contribution in [3.05, 3.63) is 11.3 Å². The van der Waals surface area contributed by atoms with E-state index >= 15 is 0 Å². The van der Waals surface area contributed by atoms with E-state index in [1.165, 1.54) is 0 Å². The summed E-state index contributed by atoms with van der Waals surface area (Å²) in [7, 11) is 0. The van der Waals surface area contributed by atoms with Crippen LogP contribution in [0, 0.1) is 34.5 Å². The Morgan fingerprint density at radius 1 is 1.50 bits per heavy atom. The van der Waals surface area contributed by atoms with Gasteiger partial charge in [0.2, 0.25) is 0 Å². The summed E-state index contributed by atoms with van der Waals surface area (Å²) < 4.78 is 0. The average molecular weight is 161 g/mol. The first-order valence-electron chi connectivity index (χ1n) is 3.98. The van der Waals surface area contributed by atoms with Gasteiger partial charge in [-0.1, -0.05) is 13.8 Å². The summed E-state index contributed by atoms with van der Waals surface area (Å²) in [6.45, 7) is 4.62. The van der Waals surface area contributed by atoms with Crippen molar-refractivity contribution in [3.63, 3.8) is 0 Å². The van der Waals surface area contributed by atoms with Crippen LogP contribution in [-0.2, 0) is 0 Å². The topological polar surface area (TPSA) is 59.6 Å². The third kappa shape index (κ3) is 1.26. The Labute approximate surface area is 72.3 Å². The van der Waals surface area contributed by atoms with Crippen LogP contribution in [0.5, 0.6) is 0 Å². The van der Waals surface area contributed by atoms with E-state index in [2.05, 4.69) is 17.5 Å². The molecular weight excluding hydrogens is 150 g/mol. The maximum Gasteiger partial charge on any atom is 0.100 e. The molecule has 0 saturated heterocycles. The number of hydrogen-bond acceptors (Lipinski definition) is 3. The largest absolute Gasteiger partial charge is 0.386 e. The predicted octanol–water partition coefficient (Wildman–Crippen LogP) is 1.16. The molecule has 0 saturated carbocycles. The first-order valence-corrected chi connectivity index (χ1v) is 3.98. The first kappa shape index (κ1) is 8.62. The second-order valence-electron chi connectivity index (χ2n) is 3.16. The third-order valence-electron chi connectivity index (χ3n) is 1.99. The molecule has 1 aliphatic rings. The molecule has 0 aromatic carbocycles. The van der Waals surface area contributed by atoms with Crippen LogP contribution in [0.1, 0.15) is 13.8 Å². The minimum absolute atomic E-state index is 0.243. The number of nitriles is 2. The van der Waals surface area contributed by atoms with Gasteiger partial charge < -0.3 is 5.32 Å². The van der Waals surface area contributed by atoms with E-state index in [9.17, 15) is 0 Å². The Hall–Kier alpha value is -1.48. The van der Waals surface area contributed by atoms with Crippen molar-refractivity contribution in [2.75, 3.05) is 6.54 Å². The second-order valence-corrected chi connectivity index (χ2v) is 3.16. The molecule has 0 radical (unpaired) electrons. The summed E-state index contributed by atoms with van der Waals surface area (Å²) in [5.74, 6) is 0.0606. The molecule has 0 amide bonds. The molecule has 1 unspecified atom stereocenters. The van der Waals surface area contributed by atoms with Crippen LogP contribution in [0.15, 0.2) is 11.3 Å². The van der Waals surface area contributed by atoms with Gasteiger partial charge in [-0.3, -0.25) is 0 Å². The minimum atomic E-state index is -0.243. The molecule has 12 heavy (non-hydrogen) atoms. The third-order valence-corrected chi connectivity index (χ3v) is 1.99. The predicted molar refractivity (Wildman–Crippen MR) is 44.6 cm³/mol. The maximum atomic E-state index is 8.79. The normalized spacial score (nSPS) is 21.9. The summed E-state index contributed by atoms with van der Waals surface area (Å²) in [5, 5.41) is 20.6. The number of rotatable bonds is 1. The fourth-order valence-corrected chi connectivity index (χ4v) is 1.36. The van der Waals surface area contributed by atoms with Gasteiger partial charge >= 0.3 is 0 Å². The average Bonchev–Trinajstić information content (AvgIpc) is 2.46. The van der Waals surface area contributed by atoms with Gasteiger partial charge in [-0.15, -0.1) is 0 Å². The molecule has 0 aliphatic carbocycles. The van der Waals surface area contributed by atoms with Crippen molar-refractivity contribution in [1.82, 2.24) is 5.32 Å². The van der Waals surface area contributed by atoms with E-state index in [1.807, 2.05) is 13.8 Å². The van der Waals surface area contributed by atoms with Gasteiger partial charge in [0, 0.05) is 12.2 Å². The zero-order valence-electron chi connectivity index (χ0n) is 7.26. The van der Waals surface area contributed by atoms with Gasteiger partial charge in [0.15, 0.2) is 0 Å². The van der Waals surface area contributed by atoms with Crippen LogP contribution in [0.25, 0.3) is 0 Å². The molecule has 0 bridgehead atoms. The first-order chi connectivity index (χ1) is 5.70. The number of allylic oxidation sites excluding steroid dienone is 1. The fraction of sp³-hybridized carbons (Fsp3) is 0.556. The fourth-order valence-electron chi connectivity index (χ4n) is 1.36. The van der Waals surface area contributed by atoms with Crippen molar-refractivity contribution < 1.29 is 0 Å². The Balaban J connectivity index is 2.99. The molecule has 3 heteroatoms. The molecule has 1 atom stereocenters. The second kappa shape index (κ2) is 3.28. The molecule has 1 rings (SSSR count). The molecule has 0 fully saturated rings. The van der Waals surface area contributed by atoms with E-state index < -0.39 is 0 Å². The molecule has 0 spiro atoms. The highest BCUT2D eigenvalue weighted by atomic mass is 14.9. The standard InChI is InChI=1S/C9H11N3/c1-6(2)9-8(4-11)7(3-10)5-12-9/h6-7,12H,5H2,1-2H3. The zero-order chi connectivity index (χ0) is 9.14. The van der Waals surface area contributed by atoms with E-state index in [0.29, 0.717) is 18.0 Å². The lowest BCUT2D eigenvalue weighted by molar-refractivity contribution is 0.680. The summed E-state index contributed by atoms with van der Waals surface area (Å²) in [4.78, 5) is 0. The van der Waals surface area contributed by atoms with Crippen LogP contribution in [0.3, 0.4) is 0 Å². The Morgan fingerprint density at radius 2 is 2.17 bits per heavy atom. The van der Waals surface area contributed by atoms with Gasteiger partial charge in [-0.25, -0.2) is 0 Å². The molecule has 1 heterocycles. The van der Waals surface area contributed by atoms with Crippen molar-refractivity contribution in [1.29, 1.82) is 10.5 Å². The monoisotopic (exact) mass is 161 g/mol. The minimum Gasteiger partial charge on any atom is -0.386 e. The molecule has 62 valence electrons. The van der Waals surface area contributed by atoms with E-state index in [0.717, 1.165) is 5.70 Å².